The van der Waals surface area contributed by atoms with Crippen LogP contribution >= 0.6 is 27.7 Å². The fourth-order valence-corrected chi connectivity index (χ4v) is 3.37. The highest BCUT2D eigenvalue weighted by Gasteiger charge is 2.18. The van der Waals surface area contributed by atoms with Crippen LogP contribution < -0.4 is 0 Å². The van der Waals surface area contributed by atoms with E-state index in [0.29, 0.717) is 17.5 Å². The van der Waals surface area contributed by atoms with Gasteiger partial charge in [-0.2, -0.15) is 0 Å². The van der Waals surface area contributed by atoms with E-state index in [0.717, 1.165) is 10.0 Å². The van der Waals surface area contributed by atoms with Crippen molar-refractivity contribution in [1.82, 2.24) is 10.2 Å². The molecule has 3 aromatic rings. The lowest BCUT2D eigenvalue weighted by atomic mass is 10.1. The van der Waals surface area contributed by atoms with Gasteiger partial charge in [0.25, 0.3) is 0 Å². The third kappa shape index (κ3) is 3.84. The molecule has 0 bridgehead atoms. The molecular formula is C17H13BrF2N2OS. The number of aromatic nitrogens is 2. The SMILES string of the molecule is CC(SCc1nnc(-c2ccc(Br)cc2)o1)c1c(F)cccc1F. The van der Waals surface area contributed by atoms with Gasteiger partial charge in [-0.05, 0) is 43.3 Å². The lowest BCUT2D eigenvalue weighted by molar-refractivity contribution is 0.527. The van der Waals surface area contributed by atoms with Crippen LogP contribution in [0.15, 0.2) is 51.4 Å². The minimum atomic E-state index is -0.545. The normalized spacial score (nSPS) is 12.3. The fraction of sp³-hybridized carbons (Fsp3) is 0.176. The van der Waals surface area contributed by atoms with Crippen LogP contribution in [0.1, 0.15) is 23.6 Å². The Morgan fingerprint density at radius 2 is 1.75 bits per heavy atom. The molecule has 0 saturated heterocycles. The van der Waals surface area contributed by atoms with Gasteiger partial charge in [-0.3, -0.25) is 0 Å². The molecule has 2 aromatic carbocycles. The van der Waals surface area contributed by atoms with Gasteiger partial charge in [-0.15, -0.1) is 22.0 Å². The topological polar surface area (TPSA) is 38.9 Å². The van der Waals surface area contributed by atoms with Gasteiger partial charge >= 0.3 is 0 Å². The second-order valence-electron chi connectivity index (χ2n) is 5.10. The predicted molar refractivity (Wildman–Crippen MR) is 93.5 cm³/mol. The van der Waals surface area contributed by atoms with Crippen molar-refractivity contribution in [2.75, 3.05) is 0 Å². The molecule has 0 aliphatic rings. The Bertz CT molecular complexity index is 819. The molecule has 3 rings (SSSR count). The van der Waals surface area contributed by atoms with Crippen LogP contribution in [0.4, 0.5) is 8.78 Å². The van der Waals surface area contributed by atoms with E-state index in [9.17, 15) is 8.78 Å². The Morgan fingerprint density at radius 1 is 1.08 bits per heavy atom. The molecule has 1 unspecified atom stereocenters. The van der Waals surface area contributed by atoms with Crippen LogP contribution in [0.2, 0.25) is 0 Å². The average molecular weight is 411 g/mol. The van der Waals surface area contributed by atoms with E-state index in [-0.39, 0.29) is 10.8 Å². The van der Waals surface area contributed by atoms with Crippen LogP contribution in [-0.2, 0) is 5.75 Å². The first-order valence-corrected chi connectivity index (χ1v) is 9.02. The van der Waals surface area contributed by atoms with Gasteiger partial charge in [-0.1, -0.05) is 22.0 Å². The molecule has 1 heterocycles. The molecule has 0 aliphatic carbocycles. The highest BCUT2D eigenvalue weighted by molar-refractivity contribution is 9.10. The van der Waals surface area contributed by atoms with Gasteiger partial charge in [0.2, 0.25) is 11.8 Å². The third-order valence-corrected chi connectivity index (χ3v) is 5.10. The molecule has 0 aliphatic heterocycles. The first kappa shape index (κ1) is 17.1. The maximum absolute atomic E-state index is 13.8. The Kier molecular flexibility index (Phi) is 5.30. The average Bonchev–Trinajstić information content (AvgIpc) is 3.02. The van der Waals surface area contributed by atoms with Crippen LogP contribution in [-0.4, -0.2) is 10.2 Å². The molecule has 0 amide bonds. The molecule has 0 saturated carbocycles. The molecule has 1 aromatic heterocycles. The van der Waals surface area contributed by atoms with Gasteiger partial charge in [0, 0.05) is 20.8 Å². The summed E-state index contributed by atoms with van der Waals surface area (Å²) in [5.74, 6) is 0.120. The van der Waals surface area contributed by atoms with E-state index >= 15 is 0 Å². The van der Waals surface area contributed by atoms with Crippen molar-refractivity contribution in [3.05, 3.63) is 70.0 Å². The molecule has 124 valence electrons. The highest BCUT2D eigenvalue weighted by atomic mass is 79.9. The summed E-state index contributed by atoms with van der Waals surface area (Å²) in [5.41, 5.74) is 0.880. The minimum absolute atomic E-state index is 0.0650. The molecule has 0 radical (unpaired) electrons. The van der Waals surface area contributed by atoms with Crippen molar-refractivity contribution in [3.8, 4) is 11.5 Å². The Morgan fingerprint density at radius 3 is 2.42 bits per heavy atom. The lowest BCUT2D eigenvalue weighted by Crippen LogP contribution is -1.98. The quantitative estimate of drug-likeness (QED) is 0.534. The van der Waals surface area contributed by atoms with Crippen molar-refractivity contribution >= 4 is 27.7 Å². The maximum atomic E-state index is 13.8. The van der Waals surface area contributed by atoms with Crippen molar-refractivity contribution in [1.29, 1.82) is 0 Å². The second-order valence-corrected chi connectivity index (χ2v) is 7.34. The van der Waals surface area contributed by atoms with Crippen molar-refractivity contribution in [2.45, 2.75) is 17.9 Å². The highest BCUT2D eigenvalue weighted by Crippen LogP contribution is 2.34. The number of thioether (sulfide) groups is 1. The monoisotopic (exact) mass is 410 g/mol. The van der Waals surface area contributed by atoms with E-state index in [1.807, 2.05) is 24.3 Å². The molecule has 0 fully saturated rings. The van der Waals surface area contributed by atoms with Crippen LogP contribution in [0, 0.1) is 11.6 Å². The zero-order valence-electron chi connectivity index (χ0n) is 12.7. The standard InChI is InChI=1S/C17H13BrF2N2OS/c1-10(16-13(19)3-2-4-14(16)20)24-9-15-21-22-17(23-15)11-5-7-12(18)8-6-11/h2-8,10H,9H2,1H3. The summed E-state index contributed by atoms with van der Waals surface area (Å²) in [5, 5.41) is 7.63. The number of hydrogen-bond donors (Lipinski definition) is 0. The van der Waals surface area contributed by atoms with Gasteiger partial charge in [0.1, 0.15) is 11.6 Å². The van der Waals surface area contributed by atoms with Gasteiger partial charge in [-0.25, -0.2) is 8.78 Å². The van der Waals surface area contributed by atoms with Crippen molar-refractivity contribution < 1.29 is 13.2 Å². The zero-order chi connectivity index (χ0) is 17.1. The van der Waals surface area contributed by atoms with E-state index in [1.54, 1.807) is 6.92 Å². The van der Waals surface area contributed by atoms with Crippen molar-refractivity contribution in [2.24, 2.45) is 0 Å². The van der Waals surface area contributed by atoms with E-state index in [2.05, 4.69) is 26.1 Å². The van der Waals surface area contributed by atoms with Crippen LogP contribution in [0.5, 0.6) is 0 Å². The number of rotatable bonds is 5. The maximum Gasteiger partial charge on any atom is 0.247 e. The summed E-state index contributed by atoms with van der Waals surface area (Å²) in [6.45, 7) is 1.75. The van der Waals surface area contributed by atoms with Crippen LogP contribution in [0.25, 0.3) is 11.5 Å². The summed E-state index contributed by atoms with van der Waals surface area (Å²) in [7, 11) is 0. The number of benzene rings is 2. The number of nitrogens with zero attached hydrogens (tertiary/aromatic N) is 2. The Balaban J connectivity index is 1.68. The minimum Gasteiger partial charge on any atom is -0.420 e. The molecule has 24 heavy (non-hydrogen) atoms. The number of hydrogen-bond acceptors (Lipinski definition) is 4. The molecule has 0 spiro atoms. The summed E-state index contributed by atoms with van der Waals surface area (Å²) >= 11 is 4.70. The van der Waals surface area contributed by atoms with E-state index in [4.69, 9.17) is 4.42 Å². The summed E-state index contributed by atoms with van der Waals surface area (Å²) in [4.78, 5) is 0. The first-order chi connectivity index (χ1) is 11.5. The second kappa shape index (κ2) is 7.44. The summed E-state index contributed by atoms with van der Waals surface area (Å²) in [6.07, 6.45) is 0. The Labute approximate surface area is 150 Å². The molecule has 7 heteroatoms. The predicted octanol–water partition coefficient (Wildman–Crippen LogP) is 5.77. The Hall–Kier alpha value is -1.73. The van der Waals surface area contributed by atoms with E-state index < -0.39 is 11.6 Å². The smallest absolute Gasteiger partial charge is 0.247 e. The fourth-order valence-electron chi connectivity index (χ4n) is 2.20. The first-order valence-electron chi connectivity index (χ1n) is 7.18. The zero-order valence-corrected chi connectivity index (χ0v) is 15.1. The lowest BCUT2D eigenvalue weighted by Gasteiger charge is -2.12. The molecule has 3 nitrogen and oxygen atoms in total. The van der Waals surface area contributed by atoms with E-state index in [1.165, 1.54) is 30.0 Å². The van der Waals surface area contributed by atoms with Gasteiger partial charge in [0.05, 0.1) is 5.75 Å². The summed E-state index contributed by atoms with van der Waals surface area (Å²) < 4.78 is 34.1. The molecule has 1 atom stereocenters. The summed E-state index contributed by atoms with van der Waals surface area (Å²) in [6, 6.07) is 11.4. The number of halogens is 3. The largest absolute Gasteiger partial charge is 0.420 e. The third-order valence-electron chi connectivity index (χ3n) is 3.42. The van der Waals surface area contributed by atoms with Crippen LogP contribution in [0.3, 0.4) is 0 Å². The molecule has 0 N–H and O–H groups in total. The van der Waals surface area contributed by atoms with Gasteiger partial charge in [0.15, 0.2) is 0 Å². The molecular weight excluding hydrogens is 398 g/mol. The van der Waals surface area contributed by atoms with Gasteiger partial charge < -0.3 is 4.42 Å². The van der Waals surface area contributed by atoms with Crippen molar-refractivity contribution in [3.63, 3.8) is 0 Å².